The molecule has 2 unspecified atom stereocenters. The zero-order valence-corrected chi connectivity index (χ0v) is 29.9. The van der Waals surface area contributed by atoms with E-state index in [-0.39, 0.29) is 29.7 Å². The van der Waals surface area contributed by atoms with Gasteiger partial charge in [0.15, 0.2) is 0 Å². The molecule has 3 heterocycles. The van der Waals surface area contributed by atoms with Crippen molar-refractivity contribution in [1.82, 2.24) is 14.7 Å². The first-order valence-corrected chi connectivity index (χ1v) is 17.9. The van der Waals surface area contributed by atoms with Crippen LogP contribution in [0.4, 0.5) is 0 Å². The summed E-state index contributed by atoms with van der Waals surface area (Å²) in [7, 11) is 0. The Hall–Kier alpha value is -2.58. The quantitative estimate of drug-likeness (QED) is 0.164. The fourth-order valence-electron chi connectivity index (χ4n) is 8.76. The van der Waals surface area contributed by atoms with Gasteiger partial charge in [0.25, 0.3) is 0 Å². The van der Waals surface area contributed by atoms with Crippen LogP contribution in [0.25, 0.3) is 0 Å². The van der Waals surface area contributed by atoms with Crippen molar-refractivity contribution in [3.05, 3.63) is 61.2 Å². The molecule has 3 fully saturated rings. The molecular weight excluding hydrogens is 595 g/mol. The summed E-state index contributed by atoms with van der Waals surface area (Å²) in [5.74, 6) is -1.19. The molecule has 3 aliphatic rings. The number of benzene rings is 1. The smallest absolute Gasteiger partial charge is 0.247 e. The van der Waals surface area contributed by atoms with Gasteiger partial charge in [-0.05, 0) is 63.9 Å². The highest BCUT2D eigenvalue weighted by atomic mass is 32.2. The number of likely N-dealkylation sites (tertiary alicyclic amines) is 1. The fourth-order valence-corrected chi connectivity index (χ4v) is 11.1. The highest BCUT2D eigenvalue weighted by Crippen LogP contribution is 2.71. The monoisotopic (exact) mass is 651 g/mol. The van der Waals surface area contributed by atoms with Crippen LogP contribution in [-0.4, -0.2) is 84.8 Å². The second kappa shape index (κ2) is 14.3. The summed E-state index contributed by atoms with van der Waals surface area (Å²) in [6, 6.07) is 9.30. The van der Waals surface area contributed by atoms with Crippen LogP contribution in [0, 0.1) is 17.3 Å². The second-order valence-electron chi connectivity index (χ2n) is 15.7. The van der Waals surface area contributed by atoms with E-state index in [0.29, 0.717) is 26.2 Å². The van der Waals surface area contributed by atoms with E-state index < -0.39 is 32.9 Å². The van der Waals surface area contributed by atoms with E-state index in [4.69, 9.17) is 0 Å². The Bertz CT molecular complexity index is 1280. The minimum absolute atomic E-state index is 0.0131. The van der Waals surface area contributed by atoms with E-state index >= 15 is 4.79 Å². The van der Waals surface area contributed by atoms with E-state index in [2.05, 4.69) is 54.7 Å². The van der Waals surface area contributed by atoms with Gasteiger partial charge in [-0.15, -0.1) is 24.9 Å². The molecular formula is C38H57N3O4S. The Morgan fingerprint density at radius 3 is 2.26 bits per heavy atom. The first kappa shape index (κ1) is 36.3. The molecule has 3 saturated heterocycles. The molecule has 3 amide bonds. The molecule has 0 saturated carbocycles. The average molecular weight is 652 g/mol. The topological polar surface area (TPSA) is 81.2 Å². The number of carbonyl (C=O) groups is 3. The molecule has 5 atom stereocenters. The Morgan fingerprint density at radius 1 is 1.00 bits per heavy atom. The van der Waals surface area contributed by atoms with Crippen LogP contribution >= 0.6 is 11.8 Å². The largest absolute Gasteiger partial charge is 0.396 e. The van der Waals surface area contributed by atoms with Gasteiger partial charge in [0.1, 0.15) is 6.04 Å². The van der Waals surface area contributed by atoms with E-state index in [1.807, 2.05) is 45.0 Å². The van der Waals surface area contributed by atoms with Crippen LogP contribution in [0.1, 0.15) is 92.1 Å². The van der Waals surface area contributed by atoms with Gasteiger partial charge in [0.05, 0.1) is 16.6 Å². The number of aliphatic hydroxyl groups is 1. The van der Waals surface area contributed by atoms with Crippen molar-refractivity contribution in [3.63, 3.8) is 0 Å². The molecule has 1 N–H and O–H groups in total. The fraction of sp³-hybridized carbons (Fsp3) is 0.658. The van der Waals surface area contributed by atoms with Crippen LogP contribution in [0.2, 0.25) is 0 Å². The van der Waals surface area contributed by atoms with Gasteiger partial charge in [0.2, 0.25) is 17.7 Å². The van der Waals surface area contributed by atoms with Crippen molar-refractivity contribution < 1.29 is 19.5 Å². The molecule has 254 valence electrons. The molecule has 1 spiro atoms. The summed E-state index contributed by atoms with van der Waals surface area (Å²) >= 11 is 1.74. The van der Waals surface area contributed by atoms with Gasteiger partial charge >= 0.3 is 0 Å². The van der Waals surface area contributed by atoms with Crippen molar-refractivity contribution in [1.29, 1.82) is 0 Å². The predicted octanol–water partition coefficient (Wildman–Crippen LogP) is 6.46. The van der Waals surface area contributed by atoms with Gasteiger partial charge in [0, 0.05) is 43.1 Å². The molecule has 0 aromatic heterocycles. The maximum Gasteiger partial charge on any atom is 0.247 e. The van der Waals surface area contributed by atoms with Gasteiger partial charge in [-0.1, -0.05) is 76.1 Å². The van der Waals surface area contributed by atoms with Crippen molar-refractivity contribution in [3.8, 4) is 0 Å². The second-order valence-corrected chi connectivity index (χ2v) is 17.6. The molecule has 3 aliphatic heterocycles. The van der Waals surface area contributed by atoms with E-state index in [9.17, 15) is 14.7 Å². The minimum Gasteiger partial charge on any atom is -0.396 e. The Morgan fingerprint density at radius 2 is 1.65 bits per heavy atom. The van der Waals surface area contributed by atoms with Crippen LogP contribution in [0.3, 0.4) is 0 Å². The third kappa shape index (κ3) is 7.13. The van der Waals surface area contributed by atoms with Crippen molar-refractivity contribution in [2.45, 2.75) is 114 Å². The molecule has 8 heteroatoms. The van der Waals surface area contributed by atoms with E-state index in [1.165, 1.54) is 0 Å². The molecule has 7 nitrogen and oxygen atoms in total. The third-order valence-electron chi connectivity index (χ3n) is 10.2. The molecule has 4 rings (SSSR count). The Labute approximate surface area is 281 Å². The van der Waals surface area contributed by atoms with Gasteiger partial charge < -0.3 is 19.8 Å². The van der Waals surface area contributed by atoms with Crippen molar-refractivity contribution in [2.75, 3.05) is 26.2 Å². The summed E-state index contributed by atoms with van der Waals surface area (Å²) in [6.45, 7) is 22.7. The maximum absolute atomic E-state index is 15.1. The molecule has 0 radical (unpaired) electrons. The lowest BCUT2D eigenvalue weighted by Gasteiger charge is -2.46. The molecule has 2 bridgehead atoms. The lowest BCUT2D eigenvalue weighted by Crippen LogP contribution is -2.60. The van der Waals surface area contributed by atoms with E-state index in [0.717, 1.165) is 50.5 Å². The molecule has 1 aromatic carbocycles. The third-order valence-corrected chi connectivity index (χ3v) is 12.2. The van der Waals surface area contributed by atoms with Gasteiger partial charge in [-0.2, -0.15) is 0 Å². The highest BCUT2D eigenvalue weighted by Gasteiger charge is 2.77. The number of hydrogen-bond donors (Lipinski definition) is 1. The minimum atomic E-state index is -0.668. The number of hydrogen-bond acceptors (Lipinski definition) is 5. The average Bonchev–Trinajstić information content (AvgIpc) is 3.54. The van der Waals surface area contributed by atoms with Crippen LogP contribution in [0.15, 0.2) is 55.6 Å². The SMILES string of the molecule is C=CCN(Cc1ccccc1)C(=O)[C@@H]1[C@H]2C(=O)N(CCCCCCO)C(C(=O)N(CC=C)C(C)(C)CC(C)(C)C)C23CC[C@@]1(C)S3. The van der Waals surface area contributed by atoms with Crippen LogP contribution in [0.5, 0.6) is 0 Å². The number of unbranched alkanes of at least 4 members (excludes halogenated alkanes) is 3. The lowest BCUT2D eigenvalue weighted by molar-refractivity contribution is -0.147. The first-order valence-electron chi connectivity index (χ1n) is 17.1. The summed E-state index contributed by atoms with van der Waals surface area (Å²) in [5.41, 5.74) is 0.552. The molecule has 1 aromatic rings. The maximum atomic E-state index is 15.1. The summed E-state index contributed by atoms with van der Waals surface area (Å²) < 4.78 is -1.11. The first-order chi connectivity index (χ1) is 21.7. The van der Waals surface area contributed by atoms with Crippen LogP contribution < -0.4 is 0 Å². The summed E-state index contributed by atoms with van der Waals surface area (Å²) in [5, 5.41) is 9.30. The normalized spacial score (nSPS) is 27.1. The van der Waals surface area contributed by atoms with Gasteiger partial charge in [-0.25, -0.2) is 0 Å². The molecule has 46 heavy (non-hydrogen) atoms. The summed E-state index contributed by atoms with van der Waals surface area (Å²) in [4.78, 5) is 50.1. The highest BCUT2D eigenvalue weighted by molar-refractivity contribution is 8.02. The van der Waals surface area contributed by atoms with Crippen molar-refractivity contribution >= 4 is 29.5 Å². The number of amides is 3. The standard InChI is InChI=1S/C38H57N3O4S/c1-9-22-39(26-28-18-14-13-15-19-28)32(43)29-30-33(44)40(24-16-11-12-17-25-42)31(38(30)21-20-37(29,8)46-38)34(45)41(23-10-2)36(6,7)27-35(3,4)5/h9-10,13-15,18-19,29-31,42H,1-2,11-12,16-17,20-27H2,3-8H3/t29-,30-,31?,37+,38?/m0/s1. The Balaban J connectivity index is 1.75. The number of thioether (sulfide) groups is 1. The number of aliphatic hydroxyl groups excluding tert-OH is 1. The van der Waals surface area contributed by atoms with E-state index in [1.54, 1.807) is 23.9 Å². The van der Waals surface area contributed by atoms with Crippen molar-refractivity contribution in [2.24, 2.45) is 17.3 Å². The summed E-state index contributed by atoms with van der Waals surface area (Å²) in [6.07, 6.45) is 9.06. The number of rotatable bonds is 16. The number of carbonyl (C=O) groups excluding carboxylic acids is 3. The Kier molecular flexibility index (Phi) is 11.2. The number of fused-ring (bicyclic) bond motifs is 1. The zero-order valence-electron chi connectivity index (χ0n) is 29.1. The van der Waals surface area contributed by atoms with Gasteiger partial charge in [-0.3, -0.25) is 14.4 Å². The van der Waals surface area contributed by atoms with Crippen LogP contribution in [-0.2, 0) is 20.9 Å². The predicted molar refractivity (Wildman–Crippen MR) is 188 cm³/mol. The molecule has 0 aliphatic carbocycles. The lowest BCUT2D eigenvalue weighted by atomic mass is 9.66. The zero-order chi connectivity index (χ0) is 33.9. The number of nitrogens with zero attached hydrogens (tertiary/aromatic N) is 3.